The molecule has 2 bridgehead atoms. The summed E-state index contributed by atoms with van der Waals surface area (Å²) in [7, 11) is 0. The lowest BCUT2D eigenvalue weighted by Gasteiger charge is -2.54. The molecule has 0 spiro atoms. The molecule has 5 atom stereocenters. The third-order valence-electron chi connectivity index (χ3n) is 6.56. The van der Waals surface area contributed by atoms with Gasteiger partial charge in [0.15, 0.2) is 0 Å². The van der Waals surface area contributed by atoms with Gasteiger partial charge in [-0.15, -0.1) is 0 Å². The number of hydrogen-bond acceptors (Lipinski definition) is 4. The van der Waals surface area contributed by atoms with Gasteiger partial charge >= 0.3 is 6.09 Å². The number of hydrogen-bond donors (Lipinski definition) is 1. The number of nitrogens with one attached hydrogen (secondary N) is 1. The number of carbonyl (C=O) groups excluding carboxylic acids is 1. The minimum absolute atomic E-state index is 0.0972. The fourth-order valence-electron chi connectivity index (χ4n) is 4.84. The smallest absolute Gasteiger partial charge is 0.411 e. The van der Waals surface area contributed by atoms with E-state index in [0.717, 1.165) is 11.4 Å². The molecule has 5 heteroatoms. The Morgan fingerprint density at radius 2 is 2.00 bits per heavy atom. The summed E-state index contributed by atoms with van der Waals surface area (Å²) in [5.41, 5.74) is 1.79. The van der Waals surface area contributed by atoms with E-state index < -0.39 is 6.09 Å². The van der Waals surface area contributed by atoms with Crippen molar-refractivity contribution < 1.29 is 18.7 Å². The maximum atomic E-state index is 12.3. The second-order valence-corrected chi connectivity index (χ2v) is 8.06. The van der Waals surface area contributed by atoms with E-state index in [9.17, 15) is 4.79 Å². The Morgan fingerprint density at radius 1 is 1.21 bits per heavy atom. The van der Waals surface area contributed by atoms with Crippen LogP contribution in [0.3, 0.4) is 0 Å². The topological polar surface area (TPSA) is 60.7 Å². The van der Waals surface area contributed by atoms with Crippen molar-refractivity contribution in [2.45, 2.75) is 26.9 Å². The molecule has 4 rings (SSSR count). The Balaban J connectivity index is 1.51. The van der Waals surface area contributed by atoms with Crippen molar-refractivity contribution in [2.24, 2.45) is 23.2 Å². The lowest BCUT2D eigenvalue weighted by Crippen LogP contribution is -2.54. The van der Waals surface area contributed by atoms with Crippen LogP contribution < -0.4 is 5.32 Å². The van der Waals surface area contributed by atoms with Gasteiger partial charge in [0.2, 0.25) is 0 Å². The molecule has 2 aliphatic rings. The quantitative estimate of drug-likeness (QED) is 0.717. The third kappa shape index (κ3) is 3.24. The summed E-state index contributed by atoms with van der Waals surface area (Å²) in [6.07, 6.45) is 3.46. The van der Waals surface area contributed by atoms with Crippen LogP contribution in [-0.2, 0) is 9.47 Å². The summed E-state index contributed by atoms with van der Waals surface area (Å²) in [5, 5.41) is 2.79. The molecular weight excluding hydrogens is 354 g/mol. The van der Waals surface area contributed by atoms with Gasteiger partial charge in [0.25, 0.3) is 0 Å². The molecule has 5 nitrogen and oxygen atoms in total. The van der Waals surface area contributed by atoms with Crippen LogP contribution in [0.15, 0.2) is 64.8 Å². The van der Waals surface area contributed by atoms with E-state index in [1.165, 1.54) is 5.57 Å². The van der Waals surface area contributed by atoms with Gasteiger partial charge in [0, 0.05) is 17.0 Å². The highest BCUT2D eigenvalue weighted by atomic mass is 16.6. The van der Waals surface area contributed by atoms with E-state index in [2.05, 4.69) is 32.2 Å². The summed E-state index contributed by atoms with van der Waals surface area (Å²) >= 11 is 0. The minimum Gasteiger partial charge on any atom is -0.467 e. The normalized spacial score (nSPS) is 31.8. The Hall–Kier alpha value is -2.53. The number of rotatable bonds is 4. The van der Waals surface area contributed by atoms with Gasteiger partial charge in [-0.25, -0.2) is 4.79 Å². The highest BCUT2D eigenvalue weighted by molar-refractivity contribution is 5.84. The highest BCUT2D eigenvalue weighted by Gasteiger charge is 2.55. The van der Waals surface area contributed by atoms with Gasteiger partial charge in [0.1, 0.15) is 18.5 Å². The SMILES string of the molecule is CC1=C[C@@H](C)[C@]2(COC(=O)Nc3ccccc3)CO[C@@H](c3ccco3)[C@@H]1[C@H]2C. The Bertz CT molecular complexity index is 845. The number of anilines is 1. The predicted molar refractivity (Wildman–Crippen MR) is 107 cm³/mol. The van der Waals surface area contributed by atoms with E-state index >= 15 is 0 Å². The van der Waals surface area contributed by atoms with E-state index in [-0.39, 0.29) is 23.4 Å². The van der Waals surface area contributed by atoms with Crippen molar-refractivity contribution in [3.05, 3.63) is 66.1 Å². The van der Waals surface area contributed by atoms with Crippen molar-refractivity contribution in [1.82, 2.24) is 0 Å². The van der Waals surface area contributed by atoms with Gasteiger partial charge in [0.05, 0.1) is 12.9 Å². The van der Waals surface area contributed by atoms with Gasteiger partial charge in [-0.05, 0) is 43.0 Å². The first kappa shape index (κ1) is 18.8. The lowest BCUT2D eigenvalue weighted by molar-refractivity contribution is -0.169. The van der Waals surface area contributed by atoms with Crippen molar-refractivity contribution in [3.63, 3.8) is 0 Å². The molecule has 1 amide bonds. The van der Waals surface area contributed by atoms with Crippen molar-refractivity contribution in [3.8, 4) is 0 Å². The van der Waals surface area contributed by atoms with Crippen molar-refractivity contribution in [2.75, 3.05) is 18.5 Å². The monoisotopic (exact) mass is 381 g/mol. The summed E-state index contributed by atoms with van der Waals surface area (Å²) < 4.78 is 17.6. The lowest BCUT2D eigenvalue weighted by atomic mass is 9.56. The van der Waals surface area contributed by atoms with Crippen LogP contribution in [0.5, 0.6) is 0 Å². The van der Waals surface area contributed by atoms with Crippen LogP contribution in [0, 0.1) is 23.2 Å². The first-order valence-corrected chi connectivity index (χ1v) is 9.83. The van der Waals surface area contributed by atoms with Gasteiger partial charge in [-0.2, -0.15) is 0 Å². The number of benzene rings is 1. The van der Waals surface area contributed by atoms with Crippen molar-refractivity contribution >= 4 is 11.8 Å². The summed E-state index contributed by atoms with van der Waals surface area (Å²) in [4.78, 5) is 12.3. The second-order valence-electron chi connectivity index (χ2n) is 8.06. The number of carbonyl (C=O) groups is 1. The second kappa shape index (κ2) is 7.47. The minimum atomic E-state index is -0.434. The molecule has 0 unspecified atom stereocenters. The molecule has 1 aromatic heterocycles. The first-order chi connectivity index (χ1) is 13.5. The molecule has 1 N–H and O–H groups in total. The molecule has 148 valence electrons. The Labute approximate surface area is 165 Å². The fraction of sp³-hybridized carbons (Fsp3) is 0.435. The highest BCUT2D eigenvalue weighted by Crippen LogP contribution is 2.56. The van der Waals surface area contributed by atoms with Gasteiger partial charge in [-0.1, -0.05) is 43.7 Å². The zero-order chi connectivity index (χ0) is 19.7. The standard InChI is InChI=1S/C23H27NO4/c1-15-12-16(2)23(14-28-22(25)24-18-8-5-4-6-9-18)13-27-21(20(15)17(23)3)19-10-7-11-26-19/h4-12,16-17,20-21H,13-14H2,1-3H3,(H,24,25)/t16-,17-,20+,21+,23-/m1/s1. The van der Waals surface area contributed by atoms with Crippen LogP contribution in [0.1, 0.15) is 32.6 Å². The molecule has 1 fully saturated rings. The fourth-order valence-corrected chi connectivity index (χ4v) is 4.84. The van der Waals surface area contributed by atoms with Crippen molar-refractivity contribution in [1.29, 1.82) is 0 Å². The molecule has 1 aliphatic carbocycles. The van der Waals surface area contributed by atoms with E-state index in [1.54, 1.807) is 6.26 Å². The largest absolute Gasteiger partial charge is 0.467 e. The Morgan fingerprint density at radius 3 is 2.71 bits per heavy atom. The molecule has 2 aromatic rings. The Kier molecular flexibility index (Phi) is 5.02. The average molecular weight is 381 g/mol. The molecule has 0 saturated carbocycles. The van der Waals surface area contributed by atoms with E-state index in [4.69, 9.17) is 13.9 Å². The molecule has 28 heavy (non-hydrogen) atoms. The molecule has 1 aromatic carbocycles. The molecule has 2 heterocycles. The van der Waals surface area contributed by atoms with Crippen LogP contribution in [0.2, 0.25) is 0 Å². The summed E-state index contributed by atoms with van der Waals surface area (Å²) in [6, 6.07) is 13.2. The van der Waals surface area contributed by atoms with Crippen LogP contribution in [0.4, 0.5) is 10.5 Å². The number of amides is 1. The van der Waals surface area contributed by atoms with E-state index in [1.807, 2.05) is 42.5 Å². The van der Waals surface area contributed by atoms with E-state index in [0.29, 0.717) is 19.1 Å². The van der Waals surface area contributed by atoms with Crippen LogP contribution in [0.25, 0.3) is 0 Å². The predicted octanol–water partition coefficient (Wildman–Crippen LogP) is 5.43. The zero-order valence-corrected chi connectivity index (χ0v) is 16.6. The average Bonchev–Trinajstić information content (AvgIpc) is 3.21. The number of fused-ring (bicyclic) bond motifs is 2. The maximum absolute atomic E-state index is 12.3. The molecule has 1 saturated heterocycles. The molecule has 0 radical (unpaired) electrons. The number of allylic oxidation sites excluding steroid dienone is 1. The van der Waals surface area contributed by atoms with Crippen LogP contribution in [-0.4, -0.2) is 19.3 Å². The summed E-state index contributed by atoms with van der Waals surface area (Å²) in [5.74, 6) is 1.61. The first-order valence-electron chi connectivity index (χ1n) is 9.83. The molecular formula is C23H27NO4. The van der Waals surface area contributed by atoms with Gasteiger partial charge in [-0.3, -0.25) is 5.32 Å². The van der Waals surface area contributed by atoms with Gasteiger partial charge < -0.3 is 13.9 Å². The number of para-hydroxylation sites is 1. The molecule has 1 aliphatic heterocycles. The summed E-state index contributed by atoms with van der Waals surface area (Å²) in [6.45, 7) is 7.44. The number of ether oxygens (including phenoxy) is 2. The zero-order valence-electron chi connectivity index (χ0n) is 16.6. The number of furan rings is 1. The van der Waals surface area contributed by atoms with Crippen LogP contribution >= 0.6 is 0 Å². The third-order valence-corrected chi connectivity index (χ3v) is 6.56. The maximum Gasteiger partial charge on any atom is 0.411 e.